The minimum Gasteiger partial charge on any atom is -0.486 e. The van der Waals surface area contributed by atoms with Gasteiger partial charge in [0.15, 0.2) is 17.6 Å². The van der Waals surface area contributed by atoms with Crippen LogP contribution in [0.1, 0.15) is 31.7 Å². The summed E-state index contributed by atoms with van der Waals surface area (Å²) in [6.07, 6.45) is 0.794. The van der Waals surface area contributed by atoms with Gasteiger partial charge in [-0.05, 0) is 23.6 Å². The Labute approximate surface area is 155 Å². The second kappa shape index (κ2) is 8.26. The highest BCUT2D eigenvalue weighted by Gasteiger charge is 2.31. The smallest absolute Gasteiger partial charge is 0.230 e. The van der Waals surface area contributed by atoms with E-state index in [1.807, 2.05) is 61.6 Å². The normalized spacial score (nSPS) is 18.0. The second-order valence-corrected chi connectivity index (χ2v) is 6.99. The number of carbonyl (C=O) groups excluding carboxylic acids is 1. The molecular weight excluding hydrogens is 326 g/mol. The van der Waals surface area contributed by atoms with Crippen molar-refractivity contribution in [2.24, 2.45) is 5.92 Å². The van der Waals surface area contributed by atoms with Gasteiger partial charge in [-0.2, -0.15) is 0 Å². The molecule has 0 aliphatic carbocycles. The Morgan fingerprint density at radius 3 is 2.46 bits per heavy atom. The summed E-state index contributed by atoms with van der Waals surface area (Å²) in [6.45, 7) is 5.23. The molecule has 3 rings (SSSR count). The van der Waals surface area contributed by atoms with Crippen molar-refractivity contribution < 1.29 is 14.3 Å². The van der Waals surface area contributed by atoms with E-state index in [9.17, 15) is 4.79 Å². The maximum absolute atomic E-state index is 13.2. The van der Waals surface area contributed by atoms with E-state index in [-0.39, 0.29) is 23.8 Å². The van der Waals surface area contributed by atoms with Crippen LogP contribution in [0.4, 0.5) is 0 Å². The molecule has 4 heteroatoms. The highest BCUT2D eigenvalue weighted by molar-refractivity contribution is 5.84. The van der Waals surface area contributed by atoms with Crippen molar-refractivity contribution in [3.8, 4) is 11.5 Å². The van der Waals surface area contributed by atoms with Crippen LogP contribution < -0.4 is 9.47 Å². The van der Waals surface area contributed by atoms with Crippen LogP contribution in [-0.2, 0) is 4.79 Å². The van der Waals surface area contributed by atoms with E-state index >= 15 is 0 Å². The van der Waals surface area contributed by atoms with Gasteiger partial charge in [-0.25, -0.2) is 0 Å². The van der Waals surface area contributed by atoms with Gasteiger partial charge >= 0.3 is 0 Å². The molecule has 2 aromatic rings. The number of para-hydroxylation sites is 2. The van der Waals surface area contributed by atoms with Crippen LogP contribution in [0.15, 0.2) is 54.6 Å². The summed E-state index contributed by atoms with van der Waals surface area (Å²) in [4.78, 5) is 15.0. The Bertz CT molecular complexity index is 731. The van der Waals surface area contributed by atoms with Crippen LogP contribution in [0.2, 0.25) is 0 Å². The molecule has 0 spiro atoms. The molecule has 0 saturated heterocycles. The fourth-order valence-electron chi connectivity index (χ4n) is 3.40. The van der Waals surface area contributed by atoms with Crippen LogP contribution in [0.25, 0.3) is 0 Å². The predicted octanol–water partition coefficient (Wildman–Crippen LogP) is 4.11. The highest BCUT2D eigenvalue weighted by atomic mass is 16.6. The largest absolute Gasteiger partial charge is 0.486 e. The van der Waals surface area contributed by atoms with Gasteiger partial charge in [0, 0.05) is 7.05 Å². The van der Waals surface area contributed by atoms with Gasteiger partial charge in [0.25, 0.3) is 0 Å². The van der Waals surface area contributed by atoms with Crippen molar-refractivity contribution in [1.29, 1.82) is 0 Å². The number of nitrogens with zero attached hydrogens (tertiary/aromatic N) is 1. The first-order chi connectivity index (χ1) is 12.6. The van der Waals surface area contributed by atoms with Crippen molar-refractivity contribution in [2.75, 3.05) is 20.2 Å². The number of fused-ring (bicyclic) bond motifs is 1. The average molecular weight is 353 g/mol. The van der Waals surface area contributed by atoms with Crippen LogP contribution in [0, 0.1) is 5.92 Å². The topological polar surface area (TPSA) is 38.8 Å². The summed E-state index contributed by atoms with van der Waals surface area (Å²) < 4.78 is 11.8. The zero-order chi connectivity index (χ0) is 18.5. The van der Waals surface area contributed by atoms with Crippen molar-refractivity contribution in [3.63, 3.8) is 0 Å². The molecule has 0 radical (unpaired) electrons. The number of benzene rings is 2. The highest BCUT2D eigenvalue weighted by Crippen LogP contribution is 2.32. The molecule has 1 aliphatic heterocycles. The standard InChI is InChI=1S/C22H27NO3/c1-4-16(2)21(17-10-6-5-7-11-17)22(24)23(3)14-18-15-25-19-12-8-9-13-20(19)26-18/h5-13,16,18,21H,4,14-15H2,1-3H3. The molecule has 2 aromatic carbocycles. The molecule has 138 valence electrons. The van der Waals surface area contributed by atoms with Crippen LogP contribution in [0.3, 0.4) is 0 Å². The number of ether oxygens (including phenoxy) is 2. The van der Waals surface area contributed by atoms with Gasteiger partial charge in [0.05, 0.1) is 12.5 Å². The Balaban J connectivity index is 1.70. The summed E-state index contributed by atoms with van der Waals surface area (Å²) in [6, 6.07) is 17.7. The number of likely N-dealkylation sites (N-methyl/N-ethyl adjacent to an activating group) is 1. The molecule has 0 N–H and O–H groups in total. The molecule has 3 atom stereocenters. The summed E-state index contributed by atoms with van der Waals surface area (Å²) in [5.41, 5.74) is 1.07. The van der Waals surface area contributed by atoms with Crippen LogP contribution in [-0.4, -0.2) is 37.1 Å². The van der Waals surface area contributed by atoms with Gasteiger partial charge in [-0.15, -0.1) is 0 Å². The molecule has 3 unspecified atom stereocenters. The summed E-state index contributed by atoms with van der Waals surface area (Å²) in [5.74, 6) is 1.78. The Hall–Kier alpha value is -2.49. The Morgan fingerprint density at radius 1 is 1.12 bits per heavy atom. The van der Waals surface area contributed by atoms with E-state index in [1.54, 1.807) is 4.90 Å². The number of rotatable bonds is 6. The molecule has 0 saturated carbocycles. The van der Waals surface area contributed by atoms with E-state index < -0.39 is 0 Å². The predicted molar refractivity (Wildman–Crippen MR) is 103 cm³/mol. The van der Waals surface area contributed by atoms with Crippen molar-refractivity contribution in [1.82, 2.24) is 4.90 Å². The molecule has 1 aliphatic rings. The third kappa shape index (κ3) is 4.01. The molecule has 0 fully saturated rings. The molecular formula is C22H27NO3. The monoisotopic (exact) mass is 353 g/mol. The minimum atomic E-state index is -0.160. The fraction of sp³-hybridized carbons (Fsp3) is 0.409. The van der Waals surface area contributed by atoms with Crippen molar-refractivity contribution in [2.45, 2.75) is 32.3 Å². The van der Waals surface area contributed by atoms with Gasteiger partial charge in [0.2, 0.25) is 5.91 Å². The van der Waals surface area contributed by atoms with Gasteiger partial charge in [-0.1, -0.05) is 62.7 Å². The maximum Gasteiger partial charge on any atom is 0.230 e. The fourth-order valence-corrected chi connectivity index (χ4v) is 3.40. The van der Waals surface area contributed by atoms with Gasteiger partial charge < -0.3 is 14.4 Å². The number of carbonyl (C=O) groups is 1. The van der Waals surface area contributed by atoms with E-state index in [1.165, 1.54) is 0 Å². The second-order valence-electron chi connectivity index (χ2n) is 6.99. The minimum absolute atomic E-state index is 0.132. The van der Waals surface area contributed by atoms with Crippen molar-refractivity contribution >= 4 is 5.91 Å². The Kier molecular flexibility index (Phi) is 5.82. The summed E-state index contributed by atoms with van der Waals surface area (Å²) >= 11 is 0. The first-order valence-corrected chi connectivity index (χ1v) is 9.28. The zero-order valence-corrected chi connectivity index (χ0v) is 15.7. The Morgan fingerprint density at radius 2 is 1.77 bits per heavy atom. The molecule has 0 aromatic heterocycles. The lowest BCUT2D eigenvalue weighted by molar-refractivity contribution is -0.134. The van der Waals surface area contributed by atoms with Gasteiger partial charge in [-0.3, -0.25) is 4.79 Å². The third-order valence-corrected chi connectivity index (χ3v) is 5.06. The molecule has 1 heterocycles. The zero-order valence-electron chi connectivity index (χ0n) is 15.7. The van der Waals surface area contributed by atoms with E-state index in [0.717, 1.165) is 23.5 Å². The SMILES string of the molecule is CCC(C)C(C(=O)N(C)CC1COc2ccccc2O1)c1ccccc1. The first kappa shape index (κ1) is 18.3. The lowest BCUT2D eigenvalue weighted by Crippen LogP contribution is -2.44. The average Bonchev–Trinajstić information content (AvgIpc) is 2.68. The first-order valence-electron chi connectivity index (χ1n) is 9.28. The lowest BCUT2D eigenvalue weighted by atomic mass is 9.84. The van der Waals surface area contributed by atoms with E-state index in [4.69, 9.17) is 9.47 Å². The van der Waals surface area contributed by atoms with Gasteiger partial charge in [0.1, 0.15) is 6.61 Å². The number of hydrogen-bond donors (Lipinski definition) is 0. The van der Waals surface area contributed by atoms with E-state index in [0.29, 0.717) is 13.2 Å². The molecule has 0 bridgehead atoms. The maximum atomic E-state index is 13.2. The summed E-state index contributed by atoms with van der Waals surface area (Å²) in [7, 11) is 1.85. The number of amides is 1. The van der Waals surface area contributed by atoms with Crippen LogP contribution >= 0.6 is 0 Å². The quantitative estimate of drug-likeness (QED) is 0.784. The van der Waals surface area contributed by atoms with Crippen molar-refractivity contribution in [3.05, 3.63) is 60.2 Å². The van der Waals surface area contributed by atoms with Crippen LogP contribution in [0.5, 0.6) is 11.5 Å². The molecule has 4 nitrogen and oxygen atoms in total. The molecule has 26 heavy (non-hydrogen) atoms. The number of hydrogen-bond acceptors (Lipinski definition) is 3. The third-order valence-electron chi connectivity index (χ3n) is 5.06. The molecule has 1 amide bonds. The lowest BCUT2D eigenvalue weighted by Gasteiger charge is -2.32. The summed E-state index contributed by atoms with van der Waals surface area (Å²) in [5, 5.41) is 0. The van der Waals surface area contributed by atoms with E-state index in [2.05, 4.69) is 13.8 Å².